The summed E-state index contributed by atoms with van der Waals surface area (Å²) in [7, 11) is 0. The fraction of sp³-hybridized carbons (Fsp3) is 0.111. The second-order valence-electron chi connectivity index (χ2n) is 7.75. The van der Waals surface area contributed by atoms with Crippen molar-refractivity contribution in [2.24, 2.45) is 0 Å². The maximum atomic E-state index is 11.3. The molecule has 32 heavy (non-hydrogen) atoms. The average molecular weight is 442 g/mol. The largest absolute Gasteiger partial charge is 0.502 e. The molecule has 0 atom stereocenters. The topological polar surface area (TPSA) is 56.4 Å². The lowest BCUT2D eigenvalue weighted by Gasteiger charge is -2.13. The molecule has 4 rings (SSSR count). The fourth-order valence-electron chi connectivity index (χ4n) is 3.65. The summed E-state index contributed by atoms with van der Waals surface area (Å²) in [4.78, 5) is 0.372. The molecule has 0 fully saturated rings. The fourth-order valence-corrected chi connectivity index (χ4v) is 3.96. The molecule has 4 aromatic rings. The second kappa shape index (κ2) is 9.30. The van der Waals surface area contributed by atoms with E-state index in [0.717, 1.165) is 27.6 Å². The molecule has 1 heterocycles. The van der Waals surface area contributed by atoms with Gasteiger partial charge in [-0.25, -0.2) is 0 Å². The zero-order chi connectivity index (χ0) is 22.7. The Kier molecular flexibility index (Phi) is 6.30. The van der Waals surface area contributed by atoms with Crippen molar-refractivity contribution in [2.75, 3.05) is 5.32 Å². The van der Waals surface area contributed by atoms with E-state index < -0.39 is 0 Å². The summed E-state index contributed by atoms with van der Waals surface area (Å²) in [6, 6.07) is 23.5. The van der Waals surface area contributed by atoms with Crippen LogP contribution in [0.25, 0.3) is 22.2 Å². The molecule has 0 aliphatic carbocycles. The molecule has 160 valence electrons. The van der Waals surface area contributed by atoms with E-state index in [4.69, 9.17) is 12.2 Å². The van der Waals surface area contributed by atoms with E-state index in [1.807, 2.05) is 92.8 Å². The number of aromatic nitrogens is 1. The zero-order valence-electron chi connectivity index (χ0n) is 18.0. The summed E-state index contributed by atoms with van der Waals surface area (Å²) in [5.41, 5.74) is 4.91. The Morgan fingerprint density at radius 3 is 2.50 bits per heavy atom. The van der Waals surface area contributed by atoms with E-state index in [1.54, 1.807) is 10.8 Å². The van der Waals surface area contributed by atoms with Gasteiger partial charge in [-0.2, -0.15) is 4.57 Å². The highest BCUT2D eigenvalue weighted by Crippen LogP contribution is 2.26. The van der Waals surface area contributed by atoms with E-state index in [2.05, 4.69) is 5.32 Å². The van der Waals surface area contributed by atoms with Gasteiger partial charge in [0.15, 0.2) is 23.1 Å². The number of aryl methyl sites for hydroxylation is 2. The van der Waals surface area contributed by atoms with Crippen LogP contribution < -0.4 is 9.88 Å². The number of hydrogen-bond acceptors (Lipinski definition) is 3. The number of hydrogen-bond donors (Lipinski definition) is 3. The molecule has 5 heteroatoms. The van der Waals surface area contributed by atoms with Crippen molar-refractivity contribution >= 4 is 45.1 Å². The van der Waals surface area contributed by atoms with Crippen molar-refractivity contribution < 1.29 is 14.8 Å². The first-order valence-corrected chi connectivity index (χ1v) is 10.8. The molecule has 0 unspecified atom stereocenters. The number of nitrogens with one attached hydrogen (secondary N) is 1. The van der Waals surface area contributed by atoms with Crippen LogP contribution in [-0.2, 0) is 6.61 Å². The number of pyridine rings is 1. The van der Waals surface area contributed by atoms with Crippen molar-refractivity contribution in [3.05, 3.63) is 107 Å². The van der Waals surface area contributed by atoms with Crippen molar-refractivity contribution in [3.63, 3.8) is 0 Å². The minimum atomic E-state index is -0.109. The minimum Gasteiger partial charge on any atom is -0.502 e. The van der Waals surface area contributed by atoms with Crippen LogP contribution in [0, 0.1) is 13.8 Å². The van der Waals surface area contributed by atoms with Crippen LogP contribution in [0.3, 0.4) is 0 Å². The third kappa shape index (κ3) is 4.40. The summed E-state index contributed by atoms with van der Waals surface area (Å²) in [5.74, 6) is 0.0610. The highest BCUT2D eigenvalue weighted by Gasteiger charge is 2.25. The molecule has 1 aromatic heterocycles. The summed E-state index contributed by atoms with van der Waals surface area (Å²) in [6.07, 6.45) is 3.58. The maximum absolute atomic E-state index is 11.3. The number of nitrogens with zero attached hydrogens (tertiary/aromatic N) is 1. The maximum Gasteiger partial charge on any atom is 0.288 e. The van der Waals surface area contributed by atoms with Gasteiger partial charge in [-0.3, -0.25) is 0 Å². The summed E-state index contributed by atoms with van der Waals surface area (Å²) in [6.45, 7) is 3.94. The standard InChI is InChI=1S/C27H24N2O2S/c1-18-12-13-22(15-19(18)2)26(31)25(29-14-6-7-20(16-29)17-30)27(32)28-24-11-5-9-21-8-3-4-10-23(21)24/h3-16,30H,17H2,1-2H3,(H-,28,31,32)/p+1. The number of aliphatic hydroxyl groups is 2. The Morgan fingerprint density at radius 1 is 0.938 bits per heavy atom. The lowest BCUT2D eigenvalue weighted by Crippen LogP contribution is -2.39. The van der Waals surface area contributed by atoms with Crippen LogP contribution in [0.15, 0.2) is 85.2 Å². The number of rotatable bonds is 5. The molecule has 0 saturated heterocycles. The van der Waals surface area contributed by atoms with Crippen LogP contribution in [-0.4, -0.2) is 15.2 Å². The first kappa shape index (κ1) is 21.7. The molecule has 4 nitrogen and oxygen atoms in total. The van der Waals surface area contributed by atoms with Gasteiger partial charge in [0, 0.05) is 28.3 Å². The summed E-state index contributed by atoms with van der Waals surface area (Å²) < 4.78 is 1.75. The number of thiocarbonyl (C=S) groups is 1. The quantitative estimate of drug-likeness (QED) is 0.164. The first-order valence-electron chi connectivity index (χ1n) is 10.4. The molecular weight excluding hydrogens is 416 g/mol. The molecule has 3 aromatic carbocycles. The van der Waals surface area contributed by atoms with Gasteiger partial charge in [0.05, 0.1) is 6.61 Å². The van der Waals surface area contributed by atoms with Gasteiger partial charge in [-0.1, -0.05) is 60.7 Å². The second-order valence-corrected chi connectivity index (χ2v) is 8.16. The summed E-state index contributed by atoms with van der Waals surface area (Å²) in [5, 5.41) is 26.4. The van der Waals surface area contributed by atoms with E-state index >= 15 is 0 Å². The van der Waals surface area contributed by atoms with Gasteiger partial charge >= 0.3 is 0 Å². The number of anilines is 1. The van der Waals surface area contributed by atoms with Gasteiger partial charge in [-0.15, -0.1) is 0 Å². The Bertz CT molecular complexity index is 1340. The number of aliphatic hydroxyl groups excluding tert-OH is 2. The number of fused-ring (bicyclic) bond motifs is 1. The number of benzene rings is 3. The lowest BCUT2D eigenvalue weighted by molar-refractivity contribution is -0.576. The predicted octanol–water partition coefficient (Wildman–Crippen LogP) is 5.56. The van der Waals surface area contributed by atoms with Crippen molar-refractivity contribution in [3.8, 4) is 0 Å². The van der Waals surface area contributed by atoms with Crippen LogP contribution in [0.5, 0.6) is 0 Å². The highest BCUT2D eigenvalue weighted by atomic mass is 32.1. The van der Waals surface area contributed by atoms with Crippen LogP contribution in [0.1, 0.15) is 22.3 Å². The molecular formula is C27H25N2O2S+. The van der Waals surface area contributed by atoms with Crippen LogP contribution >= 0.6 is 12.2 Å². The van der Waals surface area contributed by atoms with Gasteiger partial charge in [0.2, 0.25) is 0 Å². The lowest BCUT2D eigenvalue weighted by atomic mass is 10.0. The normalized spacial score (nSPS) is 11.8. The van der Waals surface area contributed by atoms with Crippen molar-refractivity contribution in [1.82, 2.24) is 0 Å². The zero-order valence-corrected chi connectivity index (χ0v) is 18.9. The minimum absolute atomic E-state index is 0.0610. The Balaban J connectivity index is 1.84. The molecule has 0 amide bonds. The van der Waals surface area contributed by atoms with Gasteiger partial charge in [-0.05, 0) is 48.6 Å². The van der Waals surface area contributed by atoms with E-state index in [-0.39, 0.29) is 12.4 Å². The molecule has 0 bridgehead atoms. The van der Waals surface area contributed by atoms with Gasteiger partial charge in [0.25, 0.3) is 5.70 Å². The van der Waals surface area contributed by atoms with E-state index in [1.165, 1.54) is 0 Å². The molecule has 0 aliphatic heterocycles. The smallest absolute Gasteiger partial charge is 0.288 e. The highest BCUT2D eigenvalue weighted by molar-refractivity contribution is 7.81. The molecule has 0 spiro atoms. The van der Waals surface area contributed by atoms with E-state index in [9.17, 15) is 10.2 Å². The average Bonchev–Trinajstić information content (AvgIpc) is 2.81. The monoisotopic (exact) mass is 441 g/mol. The van der Waals surface area contributed by atoms with Crippen LogP contribution in [0.2, 0.25) is 0 Å². The molecule has 3 N–H and O–H groups in total. The van der Waals surface area contributed by atoms with Crippen molar-refractivity contribution in [1.29, 1.82) is 0 Å². The Hall–Kier alpha value is -3.54. The van der Waals surface area contributed by atoms with Crippen molar-refractivity contribution in [2.45, 2.75) is 20.5 Å². The molecule has 0 aliphatic rings. The van der Waals surface area contributed by atoms with E-state index in [0.29, 0.717) is 21.8 Å². The third-order valence-electron chi connectivity index (χ3n) is 5.56. The van der Waals surface area contributed by atoms with Gasteiger partial charge in [0.1, 0.15) is 0 Å². The first-order chi connectivity index (χ1) is 15.5. The molecule has 0 radical (unpaired) electrons. The molecule has 0 saturated carbocycles. The predicted molar refractivity (Wildman–Crippen MR) is 134 cm³/mol. The summed E-state index contributed by atoms with van der Waals surface area (Å²) >= 11 is 5.80. The SMILES string of the molecule is Cc1ccc(/C(O)=C(/C(=S)Nc2cccc3ccccc23)[n+]2cccc(CO)c2)cc1C. The Morgan fingerprint density at radius 2 is 1.72 bits per heavy atom. The van der Waals surface area contributed by atoms with Crippen LogP contribution in [0.4, 0.5) is 5.69 Å². The third-order valence-corrected chi connectivity index (χ3v) is 5.86. The van der Waals surface area contributed by atoms with Gasteiger partial charge < -0.3 is 15.5 Å². The Labute approximate surface area is 193 Å².